The van der Waals surface area contributed by atoms with Gasteiger partial charge in [-0.15, -0.1) is 0 Å². The van der Waals surface area contributed by atoms with E-state index in [9.17, 15) is 17.9 Å². The lowest BCUT2D eigenvalue weighted by atomic mass is 10.1. The van der Waals surface area contributed by atoms with E-state index in [2.05, 4.69) is 15.3 Å². The highest BCUT2D eigenvalue weighted by atomic mass is 32.2. The summed E-state index contributed by atoms with van der Waals surface area (Å²) in [5.74, 6) is 0.178. The Kier molecular flexibility index (Phi) is 5.57. The topological polar surface area (TPSA) is 95.4 Å². The molecule has 0 atom stereocenters. The van der Waals surface area contributed by atoms with Gasteiger partial charge in [0.05, 0.1) is 22.2 Å². The summed E-state index contributed by atoms with van der Waals surface area (Å²) in [4.78, 5) is 10.5. The molecule has 158 valence electrons. The first-order valence-electron chi connectivity index (χ1n) is 9.71. The molecule has 0 spiro atoms. The summed E-state index contributed by atoms with van der Waals surface area (Å²) in [5, 5.41) is 13.4. The number of hydrogen-bond acceptors (Lipinski definition) is 7. The van der Waals surface area contributed by atoms with Gasteiger partial charge in [0.25, 0.3) is 0 Å². The van der Waals surface area contributed by atoms with Crippen LogP contribution in [0.3, 0.4) is 0 Å². The van der Waals surface area contributed by atoms with Gasteiger partial charge < -0.3 is 15.3 Å². The average molecular weight is 431 g/mol. The van der Waals surface area contributed by atoms with E-state index in [0.717, 1.165) is 11.8 Å². The number of rotatable bonds is 5. The lowest BCUT2D eigenvalue weighted by molar-refractivity contribution is 0.145. The van der Waals surface area contributed by atoms with Gasteiger partial charge in [0.2, 0.25) is 0 Å². The van der Waals surface area contributed by atoms with Crippen LogP contribution in [0.5, 0.6) is 0 Å². The van der Waals surface area contributed by atoms with Gasteiger partial charge in [-0.25, -0.2) is 22.8 Å². The maximum absolute atomic E-state index is 14.7. The Morgan fingerprint density at radius 2 is 1.93 bits per heavy atom. The lowest BCUT2D eigenvalue weighted by Gasteiger charge is -2.31. The molecule has 30 heavy (non-hydrogen) atoms. The van der Waals surface area contributed by atoms with Crippen molar-refractivity contribution in [2.24, 2.45) is 0 Å². The standard InChI is InChI=1S/C21H23FN4O3S/c1-30(28,29)16-3-4-19-17(11-16)21(25-13-24-19)23-12-14-2-5-20(18(22)10-14)26-8-6-15(27)7-9-26/h2-5,10-11,13,15,27H,6-9,12H2,1H3,(H,23,24,25). The lowest BCUT2D eigenvalue weighted by Crippen LogP contribution is -2.36. The quantitative estimate of drug-likeness (QED) is 0.643. The van der Waals surface area contributed by atoms with Crippen molar-refractivity contribution in [3.05, 3.63) is 54.1 Å². The molecule has 1 aliphatic rings. The first-order valence-corrected chi connectivity index (χ1v) is 11.6. The summed E-state index contributed by atoms with van der Waals surface area (Å²) < 4.78 is 38.4. The highest BCUT2D eigenvalue weighted by Crippen LogP contribution is 2.26. The van der Waals surface area contributed by atoms with Crippen molar-refractivity contribution in [3.8, 4) is 0 Å². The minimum absolute atomic E-state index is 0.190. The van der Waals surface area contributed by atoms with Gasteiger partial charge in [0.1, 0.15) is 18.0 Å². The van der Waals surface area contributed by atoms with Crippen LogP contribution in [0.1, 0.15) is 18.4 Å². The normalized spacial score (nSPS) is 15.5. The number of aliphatic hydroxyl groups excluding tert-OH is 1. The second kappa shape index (κ2) is 8.16. The van der Waals surface area contributed by atoms with Crippen molar-refractivity contribution in [2.75, 3.05) is 29.6 Å². The van der Waals surface area contributed by atoms with Gasteiger partial charge in [0.15, 0.2) is 9.84 Å². The molecule has 0 unspecified atom stereocenters. The number of nitrogens with one attached hydrogen (secondary N) is 1. The minimum Gasteiger partial charge on any atom is -0.393 e. The van der Waals surface area contributed by atoms with E-state index in [1.54, 1.807) is 18.2 Å². The summed E-state index contributed by atoms with van der Waals surface area (Å²) >= 11 is 0. The zero-order valence-electron chi connectivity index (χ0n) is 16.5. The van der Waals surface area contributed by atoms with Gasteiger partial charge in [0, 0.05) is 31.3 Å². The van der Waals surface area contributed by atoms with Crippen LogP contribution in [0, 0.1) is 5.82 Å². The zero-order chi connectivity index (χ0) is 21.3. The number of aliphatic hydroxyl groups is 1. The van der Waals surface area contributed by atoms with E-state index in [1.165, 1.54) is 18.5 Å². The average Bonchev–Trinajstić information content (AvgIpc) is 2.72. The zero-order valence-corrected chi connectivity index (χ0v) is 17.4. The third-order valence-corrected chi connectivity index (χ3v) is 6.42. The smallest absolute Gasteiger partial charge is 0.175 e. The largest absolute Gasteiger partial charge is 0.393 e. The van der Waals surface area contributed by atoms with Crippen LogP contribution in [-0.4, -0.2) is 48.9 Å². The molecular formula is C21H23FN4O3S. The summed E-state index contributed by atoms with van der Waals surface area (Å²) in [6.45, 7) is 1.59. The van der Waals surface area contributed by atoms with Crippen molar-refractivity contribution >= 4 is 32.2 Å². The molecule has 1 saturated heterocycles. The van der Waals surface area contributed by atoms with E-state index < -0.39 is 9.84 Å². The molecule has 0 saturated carbocycles. The van der Waals surface area contributed by atoms with E-state index >= 15 is 0 Å². The maximum atomic E-state index is 14.7. The molecule has 9 heteroatoms. The molecule has 0 aliphatic carbocycles. The van der Waals surface area contributed by atoms with Crippen molar-refractivity contribution in [2.45, 2.75) is 30.4 Å². The Labute approximate surface area is 174 Å². The van der Waals surface area contributed by atoms with Crippen LogP contribution in [-0.2, 0) is 16.4 Å². The molecular weight excluding hydrogens is 407 g/mol. The van der Waals surface area contributed by atoms with Crippen LogP contribution in [0.2, 0.25) is 0 Å². The molecule has 2 N–H and O–H groups in total. The molecule has 1 aromatic heterocycles. The Morgan fingerprint density at radius 3 is 2.63 bits per heavy atom. The van der Waals surface area contributed by atoms with Crippen LogP contribution >= 0.6 is 0 Å². The molecule has 0 radical (unpaired) electrons. The van der Waals surface area contributed by atoms with E-state index in [1.807, 2.05) is 11.0 Å². The highest BCUT2D eigenvalue weighted by Gasteiger charge is 2.19. The molecule has 3 aromatic rings. The van der Waals surface area contributed by atoms with Gasteiger partial charge in [-0.05, 0) is 48.7 Å². The predicted octanol–water partition coefficient (Wildman–Crippen LogP) is 2.75. The summed E-state index contributed by atoms with van der Waals surface area (Å²) in [7, 11) is -3.36. The number of halogens is 1. The number of aromatic nitrogens is 2. The molecule has 1 fully saturated rings. The molecule has 0 bridgehead atoms. The Morgan fingerprint density at radius 1 is 1.17 bits per heavy atom. The number of piperidine rings is 1. The van der Waals surface area contributed by atoms with Gasteiger partial charge in [-0.2, -0.15) is 0 Å². The second-order valence-electron chi connectivity index (χ2n) is 7.53. The molecule has 1 aliphatic heterocycles. The van der Waals surface area contributed by atoms with Crippen LogP contribution in [0.15, 0.2) is 47.6 Å². The fourth-order valence-electron chi connectivity index (χ4n) is 3.62. The first kappa shape index (κ1) is 20.5. The van der Waals surface area contributed by atoms with Crippen LogP contribution in [0.25, 0.3) is 10.9 Å². The van der Waals surface area contributed by atoms with Crippen molar-refractivity contribution in [1.29, 1.82) is 0 Å². The van der Waals surface area contributed by atoms with Gasteiger partial charge >= 0.3 is 0 Å². The number of sulfone groups is 1. The monoisotopic (exact) mass is 430 g/mol. The number of hydrogen-bond donors (Lipinski definition) is 2. The second-order valence-corrected chi connectivity index (χ2v) is 9.55. The third kappa shape index (κ3) is 4.36. The summed E-state index contributed by atoms with van der Waals surface area (Å²) in [6.07, 6.45) is 3.52. The van der Waals surface area contributed by atoms with Gasteiger partial charge in [-0.3, -0.25) is 0 Å². The Hall–Kier alpha value is -2.78. The molecule has 4 rings (SSSR count). The summed E-state index contributed by atoms with van der Waals surface area (Å²) in [6, 6.07) is 9.79. The predicted molar refractivity (Wildman–Crippen MR) is 114 cm³/mol. The Balaban J connectivity index is 1.53. The summed E-state index contributed by atoms with van der Waals surface area (Å²) in [5.41, 5.74) is 1.89. The molecule has 7 nitrogen and oxygen atoms in total. The molecule has 2 heterocycles. The number of nitrogens with zero attached hydrogens (tertiary/aromatic N) is 3. The van der Waals surface area contributed by atoms with E-state index in [4.69, 9.17) is 0 Å². The van der Waals surface area contributed by atoms with Crippen molar-refractivity contribution < 1.29 is 17.9 Å². The van der Waals surface area contributed by atoms with E-state index in [0.29, 0.717) is 54.9 Å². The molecule has 2 aromatic carbocycles. The SMILES string of the molecule is CS(=O)(=O)c1ccc2ncnc(NCc3ccc(N4CCC(O)CC4)c(F)c3)c2c1. The maximum Gasteiger partial charge on any atom is 0.175 e. The molecule has 0 amide bonds. The van der Waals surface area contributed by atoms with Crippen molar-refractivity contribution in [3.63, 3.8) is 0 Å². The first-order chi connectivity index (χ1) is 14.3. The van der Waals surface area contributed by atoms with Crippen molar-refractivity contribution in [1.82, 2.24) is 9.97 Å². The van der Waals surface area contributed by atoms with Gasteiger partial charge in [-0.1, -0.05) is 6.07 Å². The number of anilines is 2. The van der Waals surface area contributed by atoms with E-state index in [-0.39, 0.29) is 16.8 Å². The minimum atomic E-state index is -3.36. The fraction of sp³-hybridized carbons (Fsp3) is 0.333. The Bertz CT molecular complexity index is 1180. The number of fused-ring (bicyclic) bond motifs is 1. The fourth-order valence-corrected chi connectivity index (χ4v) is 4.26. The highest BCUT2D eigenvalue weighted by molar-refractivity contribution is 7.90. The van der Waals surface area contributed by atoms with Crippen LogP contribution in [0.4, 0.5) is 15.9 Å². The third-order valence-electron chi connectivity index (χ3n) is 5.31. The number of benzene rings is 2. The van der Waals surface area contributed by atoms with Crippen LogP contribution < -0.4 is 10.2 Å².